The maximum atomic E-state index is 10.2. The number of nitrogens with zero attached hydrogens (tertiary/aromatic N) is 1. The minimum atomic E-state index is -0.954. The topological polar surface area (TPSA) is 59.0 Å². The molecule has 0 spiro atoms. The molecule has 0 aliphatic carbocycles. The molecule has 134 valence electrons. The Kier molecular flexibility index (Phi) is 14.2. The standard InChI is InChI=1S/C13H20NO4.C5H5.Fe/c1-14(10-12-4-2-3-5-12)6-7-17-8-9-18-11-13(15)16;1-2-4-5-3-1;/h2-5H,6-11H2,1H3,(H,15,16);1-5H;/q2*-1;+2. The van der Waals surface area contributed by atoms with Gasteiger partial charge >= 0.3 is 23.0 Å². The average Bonchev–Trinajstić information content (AvgIpc) is 3.22. The molecule has 2 aromatic rings. The number of hydrogen-bond acceptors (Lipinski definition) is 4. The SMILES string of the molecule is CN(CCOCCOCC(=O)O)Cc1cc[cH-]c1.[Fe+2].c1cc[cH-]c1. The number of carboxylic acids is 1. The van der Waals surface area contributed by atoms with E-state index in [1.165, 1.54) is 5.56 Å². The molecule has 5 nitrogen and oxygen atoms in total. The Hall–Kier alpha value is -1.43. The minimum Gasteiger partial charge on any atom is -0.480 e. The number of rotatable bonds is 10. The van der Waals surface area contributed by atoms with Crippen LogP contribution in [-0.2, 0) is 37.9 Å². The molecule has 0 saturated carbocycles. The fraction of sp³-hybridized carbons (Fsp3) is 0.389. The van der Waals surface area contributed by atoms with Gasteiger partial charge in [-0.1, -0.05) is 0 Å². The van der Waals surface area contributed by atoms with Crippen LogP contribution in [0.25, 0.3) is 0 Å². The molecule has 0 bridgehead atoms. The predicted octanol–water partition coefficient (Wildman–Crippen LogP) is 2.36. The van der Waals surface area contributed by atoms with Gasteiger partial charge < -0.3 is 19.5 Å². The average molecular weight is 375 g/mol. The zero-order chi connectivity index (χ0) is 16.8. The van der Waals surface area contributed by atoms with E-state index in [1.54, 1.807) is 0 Å². The molecule has 24 heavy (non-hydrogen) atoms. The Labute approximate surface area is 154 Å². The van der Waals surface area contributed by atoms with E-state index in [2.05, 4.69) is 17.0 Å². The van der Waals surface area contributed by atoms with Crippen LogP contribution in [-0.4, -0.2) is 56.0 Å². The number of carboxylic acid groups (broad SMARTS) is 1. The van der Waals surface area contributed by atoms with Crippen LogP contribution in [0.3, 0.4) is 0 Å². The third kappa shape index (κ3) is 13.0. The maximum Gasteiger partial charge on any atom is 2.00 e. The molecule has 0 aliphatic rings. The third-order valence-electron chi connectivity index (χ3n) is 2.95. The summed E-state index contributed by atoms with van der Waals surface area (Å²) in [5.74, 6) is -0.954. The summed E-state index contributed by atoms with van der Waals surface area (Å²) in [6, 6.07) is 18.2. The van der Waals surface area contributed by atoms with Gasteiger partial charge in [-0.15, -0.1) is 0 Å². The van der Waals surface area contributed by atoms with Gasteiger partial charge in [0.25, 0.3) is 0 Å². The molecule has 0 saturated heterocycles. The first kappa shape index (κ1) is 22.6. The van der Waals surface area contributed by atoms with Crippen molar-refractivity contribution in [3.8, 4) is 0 Å². The molecule has 0 radical (unpaired) electrons. The van der Waals surface area contributed by atoms with Gasteiger partial charge in [-0.2, -0.15) is 42.0 Å². The Balaban J connectivity index is 0.000000751. The van der Waals surface area contributed by atoms with E-state index in [9.17, 15) is 4.79 Å². The first-order valence-corrected chi connectivity index (χ1v) is 7.61. The summed E-state index contributed by atoms with van der Waals surface area (Å²) >= 11 is 0. The van der Waals surface area contributed by atoms with Gasteiger partial charge in [0.15, 0.2) is 0 Å². The molecule has 1 N–H and O–H groups in total. The quantitative estimate of drug-likeness (QED) is 0.393. The summed E-state index contributed by atoms with van der Waals surface area (Å²) in [7, 11) is 2.04. The normalized spacial score (nSPS) is 9.92. The molecule has 0 aromatic heterocycles. The summed E-state index contributed by atoms with van der Waals surface area (Å²) in [4.78, 5) is 12.3. The van der Waals surface area contributed by atoms with Crippen molar-refractivity contribution in [2.24, 2.45) is 0 Å². The first-order chi connectivity index (χ1) is 11.2. The molecule has 0 unspecified atom stereocenters. The maximum absolute atomic E-state index is 10.2. The molecule has 2 aromatic carbocycles. The molecule has 0 aliphatic heterocycles. The number of aliphatic carboxylic acids is 1. The molecule has 0 fully saturated rings. The van der Waals surface area contributed by atoms with Gasteiger partial charge in [-0.05, 0) is 13.6 Å². The summed E-state index contributed by atoms with van der Waals surface area (Å²) in [5.41, 5.74) is 1.29. The van der Waals surface area contributed by atoms with Crippen LogP contribution in [0.5, 0.6) is 0 Å². The van der Waals surface area contributed by atoms with E-state index in [4.69, 9.17) is 14.6 Å². The molecule has 0 atom stereocenters. The van der Waals surface area contributed by atoms with Crippen molar-refractivity contribution >= 4 is 5.97 Å². The predicted molar refractivity (Wildman–Crippen MR) is 89.7 cm³/mol. The summed E-state index contributed by atoms with van der Waals surface area (Å²) < 4.78 is 10.2. The Morgan fingerprint density at radius 3 is 2.38 bits per heavy atom. The van der Waals surface area contributed by atoms with Gasteiger partial charge in [-0.25, -0.2) is 23.0 Å². The Bertz CT molecular complexity index is 468. The van der Waals surface area contributed by atoms with Gasteiger partial charge in [0.1, 0.15) is 6.61 Å². The summed E-state index contributed by atoms with van der Waals surface area (Å²) in [6.07, 6.45) is 0. The van der Waals surface area contributed by atoms with Crippen LogP contribution < -0.4 is 0 Å². The van der Waals surface area contributed by atoms with Crippen molar-refractivity contribution in [2.45, 2.75) is 6.54 Å². The van der Waals surface area contributed by atoms with Crippen molar-refractivity contribution in [3.05, 3.63) is 60.2 Å². The third-order valence-corrected chi connectivity index (χ3v) is 2.95. The van der Waals surface area contributed by atoms with Crippen LogP contribution in [0, 0.1) is 0 Å². The van der Waals surface area contributed by atoms with E-state index in [0.29, 0.717) is 19.8 Å². The fourth-order valence-electron chi connectivity index (χ4n) is 1.83. The van der Waals surface area contributed by atoms with Crippen LogP contribution >= 0.6 is 0 Å². The summed E-state index contributed by atoms with van der Waals surface area (Å²) in [5, 5.41) is 8.34. The van der Waals surface area contributed by atoms with E-state index in [-0.39, 0.29) is 23.7 Å². The van der Waals surface area contributed by atoms with Crippen molar-refractivity contribution < 1.29 is 36.4 Å². The van der Waals surface area contributed by atoms with Gasteiger partial charge in [0, 0.05) is 6.54 Å². The summed E-state index contributed by atoms with van der Waals surface area (Å²) in [6.45, 7) is 2.85. The van der Waals surface area contributed by atoms with Gasteiger partial charge in [-0.3, -0.25) is 0 Å². The smallest absolute Gasteiger partial charge is 0.480 e. The van der Waals surface area contributed by atoms with E-state index in [0.717, 1.165) is 13.1 Å². The van der Waals surface area contributed by atoms with Crippen molar-refractivity contribution in [1.29, 1.82) is 0 Å². The van der Waals surface area contributed by atoms with E-state index in [1.807, 2.05) is 49.5 Å². The number of ether oxygens (including phenoxy) is 2. The second-order valence-electron chi connectivity index (χ2n) is 5.05. The van der Waals surface area contributed by atoms with Crippen molar-refractivity contribution in [3.63, 3.8) is 0 Å². The van der Waals surface area contributed by atoms with Crippen LogP contribution in [0.4, 0.5) is 0 Å². The number of carbonyl (C=O) groups is 1. The Morgan fingerprint density at radius 2 is 1.83 bits per heavy atom. The van der Waals surface area contributed by atoms with Crippen molar-refractivity contribution in [1.82, 2.24) is 4.90 Å². The van der Waals surface area contributed by atoms with Crippen LogP contribution in [0.15, 0.2) is 54.6 Å². The first-order valence-electron chi connectivity index (χ1n) is 7.61. The number of hydrogen-bond donors (Lipinski definition) is 1. The largest absolute Gasteiger partial charge is 2.00 e. The second-order valence-corrected chi connectivity index (χ2v) is 5.05. The van der Waals surface area contributed by atoms with Crippen LogP contribution in [0.2, 0.25) is 0 Å². The molecule has 0 heterocycles. The van der Waals surface area contributed by atoms with Gasteiger partial charge in [0.05, 0.1) is 19.8 Å². The zero-order valence-corrected chi connectivity index (χ0v) is 15.0. The van der Waals surface area contributed by atoms with E-state index < -0.39 is 5.97 Å². The van der Waals surface area contributed by atoms with Crippen molar-refractivity contribution in [2.75, 3.05) is 40.0 Å². The second kappa shape index (κ2) is 15.1. The van der Waals surface area contributed by atoms with Crippen LogP contribution in [0.1, 0.15) is 5.56 Å². The molecular formula is C18H25FeNO4. The fourth-order valence-corrected chi connectivity index (χ4v) is 1.83. The molecule has 2 rings (SSSR count). The number of likely N-dealkylation sites (N-methyl/N-ethyl adjacent to an activating group) is 1. The Morgan fingerprint density at radius 1 is 1.12 bits per heavy atom. The molecule has 6 heteroatoms. The minimum absolute atomic E-state index is 0. The molecular weight excluding hydrogens is 350 g/mol. The van der Waals surface area contributed by atoms with Gasteiger partial charge in [0.2, 0.25) is 0 Å². The molecule has 0 amide bonds. The zero-order valence-electron chi connectivity index (χ0n) is 13.9. The van der Waals surface area contributed by atoms with E-state index >= 15 is 0 Å². The monoisotopic (exact) mass is 375 g/mol.